The largest absolute Gasteiger partial charge is 0.384 e. The van der Waals surface area contributed by atoms with E-state index in [9.17, 15) is 8.78 Å². The van der Waals surface area contributed by atoms with Crippen molar-refractivity contribution in [1.29, 1.82) is 5.41 Å². The number of anilines is 1. The molecular formula is C12H10F2N4S. The molecule has 98 valence electrons. The van der Waals surface area contributed by atoms with Crippen LogP contribution in [0.2, 0.25) is 0 Å². The van der Waals surface area contributed by atoms with Gasteiger partial charge in [0.1, 0.15) is 28.3 Å². The summed E-state index contributed by atoms with van der Waals surface area (Å²) in [7, 11) is 0. The first-order valence-corrected chi connectivity index (χ1v) is 6.03. The van der Waals surface area contributed by atoms with Crippen LogP contribution < -0.4 is 11.5 Å². The monoisotopic (exact) mass is 280 g/mol. The van der Waals surface area contributed by atoms with Gasteiger partial charge in [-0.3, -0.25) is 5.41 Å². The number of amidine groups is 1. The molecular weight excluding hydrogens is 270 g/mol. The maximum atomic E-state index is 13.5. The van der Waals surface area contributed by atoms with Crippen molar-refractivity contribution in [3.63, 3.8) is 0 Å². The van der Waals surface area contributed by atoms with E-state index >= 15 is 0 Å². The van der Waals surface area contributed by atoms with E-state index in [1.807, 2.05) is 0 Å². The highest BCUT2D eigenvalue weighted by atomic mass is 32.2. The number of nitrogen functional groups attached to an aromatic ring is 2. The topological polar surface area (TPSA) is 88.8 Å². The molecule has 4 nitrogen and oxygen atoms in total. The second kappa shape index (κ2) is 5.23. The second-order valence-corrected chi connectivity index (χ2v) is 4.73. The lowest BCUT2D eigenvalue weighted by Crippen LogP contribution is -2.14. The lowest BCUT2D eigenvalue weighted by Gasteiger charge is -2.06. The summed E-state index contributed by atoms with van der Waals surface area (Å²) in [5, 5.41) is 7.71. The summed E-state index contributed by atoms with van der Waals surface area (Å²) in [6, 6.07) is 6.40. The van der Waals surface area contributed by atoms with Crippen LogP contribution >= 0.6 is 11.8 Å². The zero-order valence-corrected chi connectivity index (χ0v) is 10.5. The highest BCUT2D eigenvalue weighted by Gasteiger charge is 2.09. The number of nitrogens with zero attached hydrogens (tertiary/aromatic N) is 1. The van der Waals surface area contributed by atoms with Crippen LogP contribution in [0.5, 0.6) is 0 Å². The minimum absolute atomic E-state index is 0.0972. The van der Waals surface area contributed by atoms with E-state index < -0.39 is 11.6 Å². The van der Waals surface area contributed by atoms with Crippen molar-refractivity contribution in [3.05, 3.63) is 47.5 Å². The summed E-state index contributed by atoms with van der Waals surface area (Å²) in [5.41, 5.74) is 11.3. The number of nitrogens with one attached hydrogen (secondary N) is 1. The summed E-state index contributed by atoms with van der Waals surface area (Å²) in [6.45, 7) is 0. The van der Waals surface area contributed by atoms with Crippen LogP contribution in [-0.4, -0.2) is 10.8 Å². The molecule has 0 atom stereocenters. The third kappa shape index (κ3) is 3.00. The van der Waals surface area contributed by atoms with E-state index in [0.29, 0.717) is 10.6 Å². The normalized spacial score (nSPS) is 10.4. The fourth-order valence-corrected chi connectivity index (χ4v) is 2.21. The van der Waals surface area contributed by atoms with E-state index in [1.165, 1.54) is 18.2 Å². The van der Waals surface area contributed by atoms with Crippen LogP contribution in [0.4, 0.5) is 14.6 Å². The summed E-state index contributed by atoms with van der Waals surface area (Å²) >= 11 is 1.01. The van der Waals surface area contributed by atoms with Gasteiger partial charge in [-0.25, -0.2) is 13.8 Å². The Hall–Kier alpha value is -2.15. The number of benzene rings is 1. The summed E-state index contributed by atoms with van der Waals surface area (Å²) in [5.74, 6) is -1.39. The highest BCUT2D eigenvalue weighted by molar-refractivity contribution is 7.99. The lowest BCUT2D eigenvalue weighted by molar-refractivity contribution is 0.565. The number of hydrogen-bond acceptors (Lipinski definition) is 4. The number of nitrogens with two attached hydrogens (primary N) is 2. The Morgan fingerprint density at radius 3 is 2.53 bits per heavy atom. The first kappa shape index (κ1) is 13.3. The van der Waals surface area contributed by atoms with Crippen LogP contribution in [0.1, 0.15) is 5.56 Å². The summed E-state index contributed by atoms with van der Waals surface area (Å²) < 4.78 is 26.2. The second-order valence-electron chi connectivity index (χ2n) is 3.67. The van der Waals surface area contributed by atoms with Crippen molar-refractivity contribution in [1.82, 2.24) is 4.98 Å². The quantitative estimate of drug-likeness (QED) is 0.595. The highest BCUT2D eigenvalue weighted by Crippen LogP contribution is 2.29. The van der Waals surface area contributed by atoms with Crippen molar-refractivity contribution in [2.75, 3.05) is 5.73 Å². The molecule has 0 bridgehead atoms. The van der Waals surface area contributed by atoms with Crippen molar-refractivity contribution in [2.45, 2.75) is 9.92 Å². The van der Waals surface area contributed by atoms with Gasteiger partial charge in [0, 0.05) is 11.0 Å². The molecule has 1 aromatic carbocycles. The number of pyridine rings is 1. The van der Waals surface area contributed by atoms with Gasteiger partial charge >= 0.3 is 0 Å². The van der Waals surface area contributed by atoms with Crippen molar-refractivity contribution < 1.29 is 8.78 Å². The average molecular weight is 280 g/mol. The molecule has 0 spiro atoms. The Kier molecular flexibility index (Phi) is 3.66. The summed E-state index contributed by atoms with van der Waals surface area (Å²) in [6.07, 6.45) is 0. The first-order chi connectivity index (χ1) is 8.97. The number of halogens is 2. The SMILES string of the molecule is N=C(N)c1ccc(Sc2ccc(F)cc2F)nc1N. The molecule has 0 aliphatic heterocycles. The van der Waals surface area contributed by atoms with Gasteiger partial charge in [-0.2, -0.15) is 0 Å². The average Bonchev–Trinajstić information content (AvgIpc) is 2.32. The van der Waals surface area contributed by atoms with Crippen LogP contribution in [0.25, 0.3) is 0 Å². The van der Waals surface area contributed by atoms with E-state index in [-0.39, 0.29) is 16.5 Å². The molecule has 0 amide bonds. The molecule has 7 heteroatoms. The Morgan fingerprint density at radius 1 is 1.21 bits per heavy atom. The molecule has 19 heavy (non-hydrogen) atoms. The fourth-order valence-electron chi connectivity index (χ4n) is 1.41. The number of aromatic nitrogens is 1. The maximum Gasteiger partial charge on any atom is 0.140 e. The van der Waals surface area contributed by atoms with Gasteiger partial charge in [0.25, 0.3) is 0 Å². The van der Waals surface area contributed by atoms with Crippen molar-refractivity contribution in [3.8, 4) is 0 Å². The Morgan fingerprint density at radius 2 is 1.95 bits per heavy atom. The van der Waals surface area contributed by atoms with E-state index in [1.54, 1.807) is 6.07 Å². The van der Waals surface area contributed by atoms with Crippen LogP contribution in [0, 0.1) is 17.0 Å². The zero-order chi connectivity index (χ0) is 14.0. The molecule has 1 aromatic heterocycles. The van der Waals surface area contributed by atoms with Crippen LogP contribution in [-0.2, 0) is 0 Å². The van der Waals surface area contributed by atoms with Gasteiger partial charge < -0.3 is 11.5 Å². The van der Waals surface area contributed by atoms with Crippen molar-refractivity contribution >= 4 is 23.4 Å². The molecule has 2 rings (SSSR count). The molecule has 0 radical (unpaired) electrons. The van der Waals surface area contributed by atoms with Gasteiger partial charge in [-0.05, 0) is 24.3 Å². The van der Waals surface area contributed by atoms with Gasteiger partial charge in [0.05, 0.1) is 5.56 Å². The molecule has 1 heterocycles. The van der Waals surface area contributed by atoms with Gasteiger partial charge in [0.15, 0.2) is 0 Å². The van der Waals surface area contributed by atoms with Crippen molar-refractivity contribution in [2.24, 2.45) is 5.73 Å². The van der Waals surface area contributed by atoms with Crippen LogP contribution in [0.15, 0.2) is 40.3 Å². The number of rotatable bonds is 3. The third-order valence-electron chi connectivity index (χ3n) is 2.30. The molecule has 0 aliphatic rings. The summed E-state index contributed by atoms with van der Waals surface area (Å²) in [4.78, 5) is 4.25. The number of hydrogen-bond donors (Lipinski definition) is 3. The smallest absolute Gasteiger partial charge is 0.140 e. The Labute approximate surface area is 112 Å². The molecule has 0 aliphatic carbocycles. The molecule has 5 N–H and O–H groups in total. The van der Waals surface area contributed by atoms with E-state index in [4.69, 9.17) is 16.9 Å². The predicted octanol–water partition coefficient (Wildman–Crippen LogP) is 2.38. The standard InChI is InChI=1S/C12H10F2N4S/c13-6-1-3-9(8(14)5-6)19-10-4-2-7(11(15)16)12(17)18-10/h1-5H,(H3,15,16)(H2,17,18). The first-order valence-electron chi connectivity index (χ1n) is 5.21. The van der Waals surface area contributed by atoms with Gasteiger partial charge in [-0.15, -0.1) is 0 Å². The fraction of sp³-hybridized carbons (Fsp3) is 0. The van der Waals surface area contributed by atoms with Crippen LogP contribution in [0.3, 0.4) is 0 Å². The predicted molar refractivity (Wildman–Crippen MR) is 70.1 cm³/mol. The van der Waals surface area contributed by atoms with E-state index in [0.717, 1.165) is 17.8 Å². The third-order valence-corrected chi connectivity index (χ3v) is 3.29. The molecule has 0 saturated heterocycles. The molecule has 0 unspecified atom stereocenters. The zero-order valence-electron chi connectivity index (χ0n) is 9.65. The minimum Gasteiger partial charge on any atom is -0.384 e. The Bertz CT molecular complexity index is 646. The lowest BCUT2D eigenvalue weighted by atomic mass is 10.2. The Balaban J connectivity index is 2.29. The maximum absolute atomic E-state index is 13.5. The van der Waals surface area contributed by atoms with Gasteiger partial charge in [0.2, 0.25) is 0 Å². The molecule has 0 fully saturated rings. The van der Waals surface area contributed by atoms with E-state index in [2.05, 4.69) is 4.98 Å². The molecule has 0 saturated carbocycles. The molecule has 2 aromatic rings. The van der Waals surface area contributed by atoms with Gasteiger partial charge in [-0.1, -0.05) is 11.8 Å². The minimum atomic E-state index is -0.666.